The molecule has 1 aromatic heterocycles. The maximum absolute atomic E-state index is 13.2. The van der Waals surface area contributed by atoms with Crippen LogP contribution in [0, 0.1) is 18.7 Å². The normalized spacial score (nSPS) is 19.2. The molecule has 1 aromatic carbocycles. The smallest absolute Gasteiger partial charge is 0.224 e. The molecule has 0 spiro atoms. The quantitative estimate of drug-likeness (QED) is 0.804. The highest BCUT2D eigenvalue weighted by atomic mass is 32.1. The van der Waals surface area contributed by atoms with E-state index in [9.17, 15) is 9.18 Å². The molecule has 1 atom stereocenters. The first-order chi connectivity index (χ1) is 12.4. The second kappa shape index (κ2) is 8.22. The van der Waals surface area contributed by atoms with E-state index in [-0.39, 0.29) is 17.8 Å². The van der Waals surface area contributed by atoms with Crippen LogP contribution in [0.4, 0.5) is 4.39 Å². The largest absolute Gasteiger partial charge is 0.334 e. The average molecular weight is 377 g/mol. The SMILES string of the molecule is Cc1nnsc1CN1CCC(=O)N(Cc2ccc(F)cc2)[C@@H](C(C)C)C1. The van der Waals surface area contributed by atoms with E-state index in [0.717, 1.165) is 35.8 Å². The Hall–Kier alpha value is -1.86. The number of benzene rings is 1. The van der Waals surface area contributed by atoms with Crippen molar-refractivity contribution in [1.82, 2.24) is 19.4 Å². The molecule has 3 rings (SSSR count). The van der Waals surface area contributed by atoms with Gasteiger partial charge in [0.15, 0.2) is 0 Å². The summed E-state index contributed by atoms with van der Waals surface area (Å²) in [5.74, 6) is 0.242. The van der Waals surface area contributed by atoms with Crippen LogP contribution in [0.5, 0.6) is 0 Å². The predicted octanol–water partition coefficient (Wildman–Crippen LogP) is 3.24. The molecule has 5 nitrogen and oxygen atoms in total. The van der Waals surface area contributed by atoms with Crippen molar-refractivity contribution >= 4 is 17.4 Å². The third kappa shape index (κ3) is 4.45. The Morgan fingerprint density at radius 3 is 2.62 bits per heavy atom. The molecule has 0 unspecified atom stereocenters. The number of halogens is 1. The lowest BCUT2D eigenvalue weighted by atomic mass is 10.0. The van der Waals surface area contributed by atoms with E-state index in [1.54, 1.807) is 12.1 Å². The van der Waals surface area contributed by atoms with Crippen LogP contribution in [0.2, 0.25) is 0 Å². The topological polar surface area (TPSA) is 49.3 Å². The maximum Gasteiger partial charge on any atom is 0.224 e. The molecule has 1 saturated heterocycles. The van der Waals surface area contributed by atoms with Crippen molar-refractivity contribution in [1.29, 1.82) is 0 Å². The van der Waals surface area contributed by atoms with Crippen LogP contribution in [-0.2, 0) is 17.9 Å². The van der Waals surface area contributed by atoms with Crippen molar-refractivity contribution in [2.75, 3.05) is 13.1 Å². The third-order valence-electron chi connectivity index (χ3n) is 4.96. The summed E-state index contributed by atoms with van der Waals surface area (Å²) in [5, 5.41) is 4.09. The molecule has 0 aliphatic carbocycles. The molecule has 1 amide bonds. The molecule has 0 saturated carbocycles. The van der Waals surface area contributed by atoms with Gasteiger partial charge in [0.05, 0.1) is 10.6 Å². The average Bonchev–Trinajstić information content (AvgIpc) is 2.94. The zero-order valence-corrected chi connectivity index (χ0v) is 16.3. The van der Waals surface area contributed by atoms with Crippen LogP contribution in [0.3, 0.4) is 0 Å². The number of nitrogens with zero attached hydrogens (tertiary/aromatic N) is 4. The van der Waals surface area contributed by atoms with Crippen LogP contribution in [0.25, 0.3) is 0 Å². The minimum absolute atomic E-state index is 0.122. The van der Waals surface area contributed by atoms with Crippen molar-refractivity contribution in [3.8, 4) is 0 Å². The van der Waals surface area contributed by atoms with Crippen LogP contribution in [0.1, 0.15) is 36.4 Å². The molecule has 26 heavy (non-hydrogen) atoms. The molecule has 1 aliphatic heterocycles. The van der Waals surface area contributed by atoms with Gasteiger partial charge in [-0.25, -0.2) is 4.39 Å². The fraction of sp³-hybridized carbons (Fsp3) is 0.526. The third-order valence-corrected chi connectivity index (χ3v) is 5.76. The van der Waals surface area contributed by atoms with Gasteiger partial charge in [-0.15, -0.1) is 5.10 Å². The van der Waals surface area contributed by atoms with Crippen LogP contribution in [-0.4, -0.2) is 44.4 Å². The van der Waals surface area contributed by atoms with Gasteiger partial charge in [0.25, 0.3) is 0 Å². The Balaban J connectivity index is 1.77. The minimum atomic E-state index is -0.254. The summed E-state index contributed by atoms with van der Waals surface area (Å²) >= 11 is 1.43. The van der Waals surface area contributed by atoms with Gasteiger partial charge in [-0.3, -0.25) is 9.69 Å². The first kappa shape index (κ1) is 18.9. The van der Waals surface area contributed by atoms with Crippen LogP contribution < -0.4 is 0 Å². The van der Waals surface area contributed by atoms with E-state index in [0.29, 0.717) is 18.9 Å². The molecular formula is C19H25FN4OS. The number of aromatic nitrogens is 2. The van der Waals surface area contributed by atoms with E-state index in [2.05, 4.69) is 28.3 Å². The molecule has 0 bridgehead atoms. The van der Waals surface area contributed by atoms with E-state index >= 15 is 0 Å². The minimum Gasteiger partial charge on any atom is -0.334 e. The van der Waals surface area contributed by atoms with Crippen molar-refractivity contribution in [3.05, 3.63) is 46.2 Å². The van der Waals surface area contributed by atoms with Gasteiger partial charge < -0.3 is 4.90 Å². The molecule has 140 valence electrons. The van der Waals surface area contributed by atoms with E-state index < -0.39 is 0 Å². The number of hydrogen-bond donors (Lipinski definition) is 0. The van der Waals surface area contributed by atoms with Crippen molar-refractivity contribution < 1.29 is 9.18 Å². The Bertz CT molecular complexity index is 746. The van der Waals surface area contributed by atoms with Crippen LogP contribution >= 0.6 is 11.5 Å². The van der Waals surface area contributed by atoms with Crippen molar-refractivity contribution in [2.24, 2.45) is 5.92 Å². The molecular weight excluding hydrogens is 351 g/mol. The Morgan fingerprint density at radius 2 is 2.00 bits per heavy atom. The van der Waals surface area contributed by atoms with E-state index in [4.69, 9.17) is 0 Å². The lowest BCUT2D eigenvalue weighted by Gasteiger charge is -2.34. The fourth-order valence-corrected chi connectivity index (χ4v) is 4.02. The highest BCUT2D eigenvalue weighted by molar-refractivity contribution is 7.05. The molecule has 1 aliphatic rings. The molecule has 1 fully saturated rings. The Kier molecular flexibility index (Phi) is 5.98. The first-order valence-corrected chi connectivity index (χ1v) is 9.75. The highest BCUT2D eigenvalue weighted by Crippen LogP contribution is 2.23. The number of aryl methyl sites for hydroxylation is 1. The summed E-state index contributed by atoms with van der Waals surface area (Å²) < 4.78 is 17.2. The van der Waals surface area contributed by atoms with E-state index in [1.165, 1.54) is 23.7 Å². The standard InChI is InChI=1S/C19H25FN4OS/c1-13(2)17-11-23(12-18-14(3)21-22-26-18)9-8-19(25)24(17)10-15-4-6-16(20)7-5-15/h4-7,13,17H,8-12H2,1-3H3/t17-/m1/s1. The van der Waals surface area contributed by atoms with Gasteiger partial charge in [0.1, 0.15) is 5.82 Å². The van der Waals surface area contributed by atoms with Gasteiger partial charge in [-0.05, 0) is 42.1 Å². The summed E-state index contributed by atoms with van der Waals surface area (Å²) in [7, 11) is 0. The summed E-state index contributed by atoms with van der Waals surface area (Å²) in [6.07, 6.45) is 0.496. The monoisotopic (exact) mass is 376 g/mol. The number of carbonyl (C=O) groups is 1. The Morgan fingerprint density at radius 1 is 1.27 bits per heavy atom. The van der Waals surface area contributed by atoms with E-state index in [1.807, 2.05) is 11.8 Å². The number of hydrogen-bond acceptors (Lipinski definition) is 5. The van der Waals surface area contributed by atoms with Crippen molar-refractivity contribution in [3.63, 3.8) is 0 Å². The lowest BCUT2D eigenvalue weighted by molar-refractivity contribution is -0.134. The van der Waals surface area contributed by atoms with Gasteiger partial charge in [-0.1, -0.05) is 30.5 Å². The highest BCUT2D eigenvalue weighted by Gasteiger charge is 2.32. The summed E-state index contributed by atoms with van der Waals surface area (Å²) in [6, 6.07) is 6.54. The summed E-state index contributed by atoms with van der Waals surface area (Å²) in [6.45, 7) is 9.14. The summed E-state index contributed by atoms with van der Waals surface area (Å²) in [5.41, 5.74) is 1.93. The molecule has 0 N–H and O–H groups in total. The molecule has 2 heterocycles. The van der Waals surface area contributed by atoms with Crippen LogP contribution in [0.15, 0.2) is 24.3 Å². The zero-order valence-electron chi connectivity index (χ0n) is 15.5. The fourth-order valence-electron chi connectivity index (χ4n) is 3.34. The van der Waals surface area contributed by atoms with Gasteiger partial charge in [0, 0.05) is 38.6 Å². The Labute approximate surface area is 158 Å². The predicted molar refractivity (Wildman–Crippen MR) is 100 cm³/mol. The maximum atomic E-state index is 13.2. The van der Waals surface area contributed by atoms with Gasteiger partial charge in [-0.2, -0.15) is 0 Å². The number of amides is 1. The summed E-state index contributed by atoms with van der Waals surface area (Å²) in [4.78, 5) is 18.3. The zero-order chi connectivity index (χ0) is 18.7. The first-order valence-electron chi connectivity index (χ1n) is 8.98. The molecule has 7 heteroatoms. The second-order valence-corrected chi connectivity index (χ2v) is 8.06. The van der Waals surface area contributed by atoms with Gasteiger partial charge in [0.2, 0.25) is 5.91 Å². The van der Waals surface area contributed by atoms with Gasteiger partial charge >= 0.3 is 0 Å². The molecule has 2 aromatic rings. The number of carbonyl (C=O) groups excluding carboxylic acids is 1. The number of rotatable bonds is 5. The van der Waals surface area contributed by atoms with Crippen molar-refractivity contribution in [2.45, 2.75) is 46.3 Å². The lowest BCUT2D eigenvalue weighted by Crippen LogP contribution is -2.45. The second-order valence-electron chi connectivity index (χ2n) is 7.23. The molecule has 0 radical (unpaired) electrons.